The quantitative estimate of drug-likeness (QED) is 0.0875. The van der Waals surface area contributed by atoms with Crippen LogP contribution in [0.5, 0.6) is 11.5 Å². The molecule has 0 aliphatic heterocycles. The summed E-state index contributed by atoms with van der Waals surface area (Å²) in [6.45, 7) is 6.45. The second-order valence-corrected chi connectivity index (χ2v) is 12.3. The predicted molar refractivity (Wildman–Crippen MR) is 186 cm³/mol. The van der Waals surface area contributed by atoms with Gasteiger partial charge in [-0.2, -0.15) is 0 Å². The van der Waals surface area contributed by atoms with Gasteiger partial charge < -0.3 is 20.1 Å². The number of hydrogen-bond donors (Lipinski definition) is 3. The second-order valence-electron chi connectivity index (χ2n) is 11.9. The fourth-order valence-corrected chi connectivity index (χ4v) is 4.69. The Labute approximate surface area is 281 Å². The average molecular weight is 657 g/mol. The minimum absolute atomic E-state index is 0.0671. The van der Waals surface area contributed by atoms with Crippen LogP contribution < -0.4 is 9.30 Å². The third-order valence-electron chi connectivity index (χ3n) is 7.38. The number of nitrogens with zero attached hydrogens (tertiary/aromatic N) is 1. The van der Waals surface area contributed by atoms with Gasteiger partial charge in [-0.15, -0.1) is 0 Å². The number of aromatic hydroxyl groups is 1. The first-order valence-electron chi connectivity index (χ1n) is 16.7. The number of pyridine rings is 1. The van der Waals surface area contributed by atoms with Crippen LogP contribution in [-0.4, -0.2) is 32.9 Å². The fraction of sp³-hybridized carbons (Fsp3) is 0.500. The van der Waals surface area contributed by atoms with E-state index in [0.717, 1.165) is 0 Å². The molecule has 8 heteroatoms. The normalized spacial score (nSPS) is 10.6. The Morgan fingerprint density at radius 3 is 1.61 bits per heavy atom. The van der Waals surface area contributed by atoms with Gasteiger partial charge in [0.05, 0.1) is 0 Å². The van der Waals surface area contributed by atoms with Gasteiger partial charge in [0.15, 0.2) is 18.0 Å². The highest BCUT2D eigenvalue weighted by Gasteiger charge is 2.29. The molecule has 2 aromatic carbocycles. The van der Waals surface area contributed by atoms with E-state index in [1.807, 2.05) is 0 Å². The van der Waals surface area contributed by atoms with Crippen molar-refractivity contribution in [2.45, 2.75) is 123 Å². The van der Waals surface area contributed by atoms with Gasteiger partial charge in [-0.3, -0.25) is 0 Å². The summed E-state index contributed by atoms with van der Waals surface area (Å²) in [6.07, 6.45) is 24.4. The van der Waals surface area contributed by atoms with Gasteiger partial charge in [-0.05, 0) is 56.7 Å². The summed E-state index contributed by atoms with van der Waals surface area (Å²) in [5.41, 5.74) is -1.30. The zero-order valence-electron chi connectivity index (χ0n) is 28.0. The lowest BCUT2D eigenvalue weighted by Gasteiger charge is -2.21. The topological polar surface area (TPSA) is 108 Å². The van der Waals surface area contributed by atoms with Crippen molar-refractivity contribution in [2.24, 2.45) is 0 Å². The molecule has 7 nitrogen and oxygen atoms in total. The number of para-hydroxylation sites is 1. The number of carbonyl (C=O) groups is 2. The molecule has 0 saturated heterocycles. The van der Waals surface area contributed by atoms with Gasteiger partial charge in [0.1, 0.15) is 23.6 Å². The van der Waals surface area contributed by atoms with E-state index in [0.29, 0.717) is 10.8 Å². The third kappa shape index (κ3) is 19.7. The molecular formula is C38H55ClNO6+. The van der Waals surface area contributed by atoms with Gasteiger partial charge >= 0.3 is 11.9 Å². The molecule has 3 N–H and O–H groups in total. The summed E-state index contributed by atoms with van der Waals surface area (Å²) in [5, 5.41) is 26.7. The largest absolute Gasteiger partial charge is 0.507 e. The van der Waals surface area contributed by atoms with Gasteiger partial charge in [0.2, 0.25) is 0 Å². The van der Waals surface area contributed by atoms with Crippen molar-refractivity contribution in [3.63, 3.8) is 0 Å². The molecule has 0 bridgehead atoms. The van der Waals surface area contributed by atoms with Gasteiger partial charge in [-0.25, -0.2) is 14.2 Å². The van der Waals surface area contributed by atoms with E-state index in [1.54, 1.807) is 36.4 Å². The summed E-state index contributed by atoms with van der Waals surface area (Å²) in [4.78, 5) is 21.0. The van der Waals surface area contributed by atoms with E-state index >= 15 is 0 Å². The minimum atomic E-state index is -1.23. The number of hydrogen-bond acceptors (Lipinski definition) is 4. The zero-order chi connectivity index (χ0) is 34.0. The molecule has 254 valence electrons. The predicted octanol–water partition coefficient (Wildman–Crippen LogP) is 10.1. The zero-order valence-corrected chi connectivity index (χ0v) is 28.8. The molecular weight excluding hydrogens is 602 g/mol. The Kier molecular flexibility index (Phi) is 21.7. The third-order valence-corrected chi connectivity index (χ3v) is 7.64. The molecule has 0 aliphatic carbocycles. The van der Waals surface area contributed by atoms with Crippen molar-refractivity contribution < 1.29 is 34.2 Å². The molecule has 0 radical (unpaired) electrons. The lowest BCUT2D eigenvalue weighted by molar-refractivity contribution is -0.697. The van der Waals surface area contributed by atoms with E-state index in [-0.39, 0.29) is 11.3 Å². The molecule has 0 saturated carbocycles. The van der Waals surface area contributed by atoms with Crippen molar-refractivity contribution in [1.29, 1.82) is 0 Å². The van der Waals surface area contributed by atoms with Crippen molar-refractivity contribution in [3.05, 3.63) is 89.7 Å². The van der Waals surface area contributed by atoms with Crippen LogP contribution in [0.3, 0.4) is 0 Å². The van der Waals surface area contributed by atoms with E-state index < -0.39 is 17.5 Å². The number of aliphatic carboxylic acids is 1. The number of aromatic carboxylic acids is 1. The monoisotopic (exact) mass is 656 g/mol. The smallest absolute Gasteiger partial charge is 0.347 e. The summed E-state index contributed by atoms with van der Waals surface area (Å²) in [5.74, 6) is -1.83. The van der Waals surface area contributed by atoms with Crippen LogP contribution in [0.1, 0.15) is 121 Å². The van der Waals surface area contributed by atoms with E-state index in [4.69, 9.17) is 31.7 Å². The number of carboxylic acid groups (broad SMARTS) is 2. The summed E-state index contributed by atoms with van der Waals surface area (Å²) in [7, 11) is 0. The number of benzene rings is 2. The molecule has 0 amide bonds. The van der Waals surface area contributed by atoms with Crippen LogP contribution in [0.4, 0.5) is 0 Å². The Hall–Kier alpha value is -3.58. The molecule has 0 unspecified atom stereocenters. The first-order chi connectivity index (χ1) is 22.1. The lowest BCUT2D eigenvalue weighted by atomic mass is 10.0. The van der Waals surface area contributed by atoms with Crippen LogP contribution in [0.25, 0.3) is 0 Å². The number of rotatable bonds is 19. The number of phenols is 1. The number of ether oxygens (including phenoxy) is 1. The summed E-state index contributed by atoms with van der Waals surface area (Å²) >= 11 is 5.67. The second kappa shape index (κ2) is 24.6. The van der Waals surface area contributed by atoms with Gasteiger partial charge in [0, 0.05) is 23.6 Å². The minimum Gasteiger partial charge on any atom is -0.507 e. The molecule has 46 heavy (non-hydrogen) atoms. The average Bonchev–Trinajstić information content (AvgIpc) is 3.03. The molecule has 0 aliphatic rings. The Bertz CT molecular complexity index is 1220. The number of halogens is 1. The van der Waals surface area contributed by atoms with Crippen molar-refractivity contribution >= 4 is 23.5 Å². The van der Waals surface area contributed by atoms with Crippen LogP contribution in [0.15, 0.2) is 79.1 Å². The molecule has 0 spiro atoms. The van der Waals surface area contributed by atoms with Gasteiger partial charge in [0.25, 0.3) is 0 Å². The maximum Gasteiger partial charge on any atom is 0.347 e. The number of aryl methyl sites for hydroxylation is 1. The highest BCUT2D eigenvalue weighted by molar-refractivity contribution is 6.30. The molecule has 0 fully saturated rings. The maximum absolute atomic E-state index is 10.7. The van der Waals surface area contributed by atoms with Crippen molar-refractivity contribution in [3.8, 4) is 11.5 Å². The lowest BCUT2D eigenvalue weighted by Crippen LogP contribution is -2.37. The highest BCUT2D eigenvalue weighted by Crippen LogP contribution is 2.21. The molecule has 0 atom stereocenters. The number of unbranched alkanes of at least 4 members (excludes halogenated alkanes) is 13. The molecule has 1 heterocycles. The van der Waals surface area contributed by atoms with Gasteiger partial charge in [-0.1, -0.05) is 114 Å². The first kappa shape index (κ1) is 40.4. The van der Waals surface area contributed by atoms with E-state index in [2.05, 4.69) is 42.1 Å². The highest BCUT2D eigenvalue weighted by atomic mass is 35.5. The standard InChI is InChI=1S/C21H38N.C10H11ClO3.C7H6O3/c1-2-3-4-5-6-7-8-9-10-11-12-13-14-16-19-22-20-17-15-18-21-22;1-10(2,9(12)13)14-8-5-3-7(11)4-6-8;8-6-4-2-1-3-5(6)7(9)10/h15,17-18,20-21H,2-14,16,19H2,1H3;3-6H,1-2H3,(H,12,13);1-4,8H,(H,9,10)/q+1;;. The van der Waals surface area contributed by atoms with Crippen LogP contribution in [0, 0.1) is 0 Å². The van der Waals surface area contributed by atoms with Crippen LogP contribution >= 0.6 is 11.6 Å². The Balaban J connectivity index is 0.000000375. The van der Waals surface area contributed by atoms with Crippen molar-refractivity contribution in [2.75, 3.05) is 0 Å². The first-order valence-corrected chi connectivity index (χ1v) is 17.1. The molecule has 1 aromatic heterocycles. The molecule has 3 aromatic rings. The maximum atomic E-state index is 10.7. The van der Waals surface area contributed by atoms with Crippen molar-refractivity contribution in [1.82, 2.24) is 0 Å². The summed E-state index contributed by atoms with van der Waals surface area (Å²) < 4.78 is 7.55. The van der Waals surface area contributed by atoms with Crippen LogP contribution in [0.2, 0.25) is 5.02 Å². The number of aromatic nitrogens is 1. The Morgan fingerprint density at radius 1 is 0.696 bits per heavy atom. The molecule has 3 rings (SSSR count). The van der Waals surface area contributed by atoms with E-state index in [1.165, 1.54) is 122 Å². The number of carboxylic acids is 2. The van der Waals surface area contributed by atoms with E-state index in [9.17, 15) is 9.59 Å². The summed E-state index contributed by atoms with van der Waals surface area (Å²) in [6, 6.07) is 18.7. The SMILES string of the molecule is CC(C)(Oc1ccc(Cl)cc1)C(=O)O.CCCCCCCCCCCCCCCC[n+]1ccccc1.O=C(O)c1ccccc1O. The van der Waals surface area contributed by atoms with Crippen LogP contribution in [-0.2, 0) is 11.3 Å². The fourth-order valence-electron chi connectivity index (χ4n) is 4.57. The Morgan fingerprint density at radius 2 is 1.17 bits per heavy atom.